The molecule has 4 nitrogen and oxygen atoms in total. The summed E-state index contributed by atoms with van der Waals surface area (Å²) >= 11 is 21.1. The highest BCUT2D eigenvalue weighted by molar-refractivity contribution is 7.22. The summed E-state index contributed by atoms with van der Waals surface area (Å²) in [4.78, 5) is 23.7. The molecule has 0 aliphatic rings. The number of benzene rings is 1. The Morgan fingerprint density at radius 3 is 2.54 bits per heavy atom. The number of halogens is 3. The molecule has 0 unspecified atom stereocenters. The number of hydrogen-bond acceptors (Lipinski definition) is 5. The third-order valence-electron chi connectivity index (χ3n) is 4.09. The van der Waals surface area contributed by atoms with Crippen LogP contribution in [0.15, 0.2) is 42.7 Å². The molecule has 0 saturated carbocycles. The summed E-state index contributed by atoms with van der Waals surface area (Å²) in [6.45, 7) is 2.28. The first-order valence-electron chi connectivity index (χ1n) is 8.14. The third kappa shape index (κ3) is 3.88. The predicted molar refractivity (Wildman–Crippen MR) is 118 cm³/mol. The Hall–Kier alpha value is -1.70. The SMILES string of the molecule is Cc1cc(Cl)cc2sc(N(Cc3ccncc3)C(=O)c3cc(Cl)sc3Cl)nc12. The second-order valence-electron chi connectivity index (χ2n) is 6.05. The van der Waals surface area contributed by atoms with Crippen molar-refractivity contribution in [1.82, 2.24) is 9.97 Å². The number of fused-ring (bicyclic) bond motifs is 1. The normalized spacial score (nSPS) is 11.1. The van der Waals surface area contributed by atoms with Crippen molar-refractivity contribution in [3.63, 3.8) is 0 Å². The van der Waals surface area contributed by atoms with Gasteiger partial charge in [0, 0.05) is 17.4 Å². The van der Waals surface area contributed by atoms with E-state index >= 15 is 0 Å². The summed E-state index contributed by atoms with van der Waals surface area (Å²) in [7, 11) is 0. The molecular weight excluding hydrogens is 457 g/mol. The van der Waals surface area contributed by atoms with E-state index in [1.54, 1.807) is 23.4 Å². The van der Waals surface area contributed by atoms with E-state index in [1.807, 2.05) is 31.2 Å². The molecule has 0 saturated heterocycles. The van der Waals surface area contributed by atoms with Crippen molar-refractivity contribution in [2.45, 2.75) is 13.5 Å². The van der Waals surface area contributed by atoms with Crippen molar-refractivity contribution in [1.29, 1.82) is 0 Å². The van der Waals surface area contributed by atoms with Gasteiger partial charge < -0.3 is 0 Å². The van der Waals surface area contributed by atoms with Gasteiger partial charge in [0.1, 0.15) is 4.34 Å². The van der Waals surface area contributed by atoms with Gasteiger partial charge in [-0.15, -0.1) is 11.3 Å². The van der Waals surface area contributed by atoms with Crippen molar-refractivity contribution < 1.29 is 4.79 Å². The van der Waals surface area contributed by atoms with Gasteiger partial charge in [-0.25, -0.2) is 4.98 Å². The van der Waals surface area contributed by atoms with Crippen molar-refractivity contribution in [3.8, 4) is 0 Å². The molecule has 0 bridgehead atoms. The minimum absolute atomic E-state index is 0.257. The van der Waals surface area contributed by atoms with Crippen LogP contribution in [0.1, 0.15) is 21.5 Å². The van der Waals surface area contributed by atoms with Crippen molar-refractivity contribution in [3.05, 3.63) is 73.1 Å². The van der Waals surface area contributed by atoms with Gasteiger partial charge in [0.2, 0.25) is 0 Å². The zero-order valence-electron chi connectivity index (χ0n) is 14.4. The first-order valence-corrected chi connectivity index (χ1v) is 10.9. The van der Waals surface area contributed by atoms with Gasteiger partial charge in [0.05, 0.1) is 26.7 Å². The number of carbonyl (C=O) groups excluding carboxylic acids is 1. The second kappa shape index (κ2) is 7.97. The monoisotopic (exact) mass is 467 g/mol. The Morgan fingerprint density at radius 2 is 1.86 bits per heavy atom. The van der Waals surface area contributed by atoms with E-state index in [-0.39, 0.29) is 5.91 Å². The predicted octanol–water partition coefficient (Wildman–Crippen LogP) is 6.87. The van der Waals surface area contributed by atoms with E-state index in [0.717, 1.165) is 32.7 Å². The lowest BCUT2D eigenvalue weighted by atomic mass is 10.2. The zero-order valence-corrected chi connectivity index (χ0v) is 18.3. The van der Waals surface area contributed by atoms with Crippen LogP contribution in [0.3, 0.4) is 0 Å². The Labute approximate surface area is 184 Å². The number of hydrogen-bond donors (Lipinski definition) is 0. The molecule has 9 heteroatoms. The van der Waals surface area contributed by atoms with E-state index in [2.05, 4.69) is 4.98 Å². The number of thiazole rings is 1. The summed E-state index contributed by atoms with van der Waals surface area (Å²) in [5, 5.41) is 1.21. The summed E-state index contributed by atoms with van der Waals surface area (Å²) in [6.07, 6.45) is 3.38. The number of amides is 1. The Bertz CT molecular complexity index is 1170. The summed E-state index contributed by atoms with van der Waals surface area (Å²) < 4.78 is 1.74. The molecule has 0 aliphatic heterocycles. The van der Waals surface area contributed by atoms with Crippen LogP contribution in [0.2, 0.25) is 13.7 Å². The Morgan fingerprint density at radius 1 is 1.11 bits per heavy atom. The largest absolute Gasteiger partial charge is 0.279 e. The number of rotatable bonds is 4. The fourth-order valence-corrected chi connectivity index (χ4v) is 5.65. The van der Waals surface area contributed by atoms with Crippen LogP contribution in [-0.4, -0.2) is 15.9 Å². The number of anilines is 1. The molecule has 0 radical (unpaired) electrons. The van der Waals surface area contributed by atoms with Crippen LogP contribution in [0, 0.1) is 6.92 Å². The number of thiophene rings is 1. The van der Waals surface area contributed by atoms with Crippen molar-refractivity contribution in [2.75, 3.05) is 4.90 Å². The molecule has 4 rings (SSSR count). The molecule has 0 aliphatic carbocycles. The molecule has 28 heavy (non-hydrogen) atoms. The van der Waals surface area contributed by atoms with Crippen LogP contribution in [0.5, 0.6) is 0 Å². The van der Waals surface area contributed by atoms with Gasteiger partial charge >= 0.3 is 0 Å². The van der Waals surface area contributed by atoms with Crippen LogP contribution in [-0.2, 0) is 6.54 Å². The van der Waals surface area contributed by atoms with E-state index in [0.29, 0.717) is 30.9 Å². The van der Waals surface area contributed by atoms with Gasteiger partial charge in [-0.05, 0) is 48.4 Å². The molecule has 1 aromatic carbocycles. The number of aryl methyl sites for hydroxylation is 1. The molecule has 4 aromatic rings. The molecular formula is C19H12Cl3N3OS2. The number of aromatic nitrogens is 2. The molecule has 0 atom stereocenters. The highest BCUT2D eigenvalue weighted by Gasteiger charge is 2.25. The molecule has 3 aromatic heterocycles. The molecule has 0 fully saturated rings. The smallest absolute Gasteiger partial charge is 0.262 e. The maximum Gasteiger partial charge on any atom is 0.262 e. The number of carbonyl (C=O) groups is 1. The van der Waals surface area contributed by atoms with E-state index in [4.69, 9.17) is 39.8 Å². The first-order chi connectivity index (χ1) is 13.4. The van der Waals surface area contributed by atoms with Gasteiger partial charge in [-0.2, -0.15) is 0 Å². The number of nitrogens with zero attached hydrogens (tertiary/aromatic N) is 3. The van der Waals surface area contributed by atoms with E-state index < -0.39 is 0 Å². The van der Waals surface area contributed by atoms with Gasteiger partial charge in [0.25, 0.3) is 5.91 Å². The van der Waals surface area contributed by atoms with Gasteiger partial charge in [-0.3, -0.25) is 14.7 Å². The number of pyridine rings is 1. The Kier molecular flexibility index (Phi) is 5.58. The second-order valence-corrected chi connectivity index (χ2v) is 9.78. The lowest BCUT2D eigenvalue weighted by Gasteiger charge is -2.19. The molecule has 3 heterocycles. The highest BCUT2D eigenvalue weighted by atomic mass is 35.5. The average molecular weight is 469 g/mol. The fraction of sp³-hybridized carbons (Fsp3) is 0.105. The lowest BCUT2D eigenvalue weighted by molar-refractivity contribution is 0.0985. The van der Waals surface area contributed by atoms with Gasteiger partial charge in [-0.1, -0.05) is 46.1 Å². The van der Waals surface area contributed by atoms with Crippen molar-refractivity contribution >= 4 is 78.7 Å². The molecule has 142 valence electrons. The zero-order chi connectivity index (χ0) is 19.8. The molecule has 1 amide bonds. The minimum atomic E-state index is -0.257. The summed E-state index contributed by atoms with van der Waals surface area (Å²) in [5.41, 5.74) is 3.07. The summed E-state index contributed by atoms with van der Waals surface area (Å²) in [6, 6.07) is 9.02. The van der Waals surface area contributed by atoms with Crippen LogP contribution in [0.4, 0.5) is 5.13 Å². The average Bonchev–Trinajstić information content (AvgIpc) is 3.22. The standard InChI is InChI=1S/C19H12Cl3N3OS2/c1-10-6-12(20)7-14-16(10)24-19(27-14)25(9-11-2-4-23-5-3-11)18(26)13-8-15(21)28-17(13)22/h2-8H,9H2,1H3. The lowest BCUT2D eigenvalue weighted by Crippen LogP contribution is -2.30. The summed E-state index contributed by atoms with van der Waals surface area (Å²) in [5.74, 6) is -0.257. The van der Waals surface area contributed by atoms with E-state index in [1.165, 1.54) is 11.3 Å². The molecule has 0 spiro atoms. The Balaban J connectivity index is 1.82. The minimum Gasteiger partial charge on any atom is -0.279 e. The first kappa shape index (κ1) is 19.6. The van der Waals surface area contributed by atoms with Crippen LogP contribution in [0.25, 0.3) is 10.2 Å². The molecule has 0 N–H and O–H groups in total. The fourth-order valence-electron chi connectivity index (χ4n) is 2.79. The quantitative estimate of drug-likeness (QED) is 0.328. The van der Waals surface area contributed by atoms with Gasteiger partial charge in [0.15, 0.2) is 5.13 Å². The van der Waals surface area contributed by atoms with Crippen molar-refractivity contribution in [2.24, 2.45) is 0 Å². The van der Waals surface area contributed by atoms with Crippen LogP contribution < -0.4 is 4.90 Å². The van der Waals surface area contributed by atoms with Crippen LogP contribution >= 0.6 is 57.5 Å². The third-order valence-corrected chi connectivity index (χ3v) is 6.82. The van der Waals surface area contributed by atoms with E-state index in [9.17, 15) is 4.79 Å². The highest BCUT2D eigenvalue weighted by Crippen LogP contribution is 2.37. The topological polar surface area (TPSA) is 46.1 Å². The maximum absolute atomic E-state index is 13.3. The maximum atomic E-state index is 13.3.